The van der Waals surface area contributed by atoms with Crippen LogP contribution in [0.15, 0.2) is 0 Å². The summed E-state index contributed by atoms with van der Waals surface area (Å²) in [5.74, 6) is -0.464. The average molecular weight is 256 g/mol. The van der Waals surface area contributed by atoms with E-state index in [0.29, 0.717) is 13.2 Å². The van der Waals surface area contributed by atoms with E-state index in [-0.39, 0.29) is 11.4 Å². The molecule has 0 N–H and O–H groups in total. The topological polar surface area (TPSA) is 44.8 Å². The summed E-state index contributed by atoms with van der Waals surface area (Å²) in [5.41, 5.74) is -0.232. The third-order valence-corrected chi connectivity index (χ3v) is 4.36. The van der Waals surface area contributed by atoms with Crippen LogP contribution in [-0.2, 0) is 19.0 Å². The van der Waals surface area contributed by atoms with E-state index in [0.717, 1.165) is 44.9 Å². The van der Waals surface area contributed by atoms with Crippen molar-refractivity contribution >= 4 is 5.97 Å². The minimum absolute atomic E-state index is 0.0292. The maximum atomic E-state index is 12.0. The summed E-state index contributed by atoms with van der Waals surface area (Å²) in [6, 6.07) is 0. The molecule has 1 heterocycles. The van der Waals surface area contributed by atoms with Crippen molar-refractivity contribution in [2.75, 3.05) is 20.3 Å². The van der Waals surface area contributed by atoms with Gasteiger partial charge in [0.05, 0.1) is 25.7 Å². The first-order valence-corrected chi connectivity index (χ1v) is 6.97. The van der Waals surface area contributed by atoms with Gasteiger partial charge in [0.25, 0.3) is 0 Å². The molecule has 104 valence electrons. The molecule has 0 aromatic carbocycles. The van der Waals surface area contributed by atoms with Crippen molar-refractivity contribution in [2.45, 2.75) is 57.7 Å². The van der Waals surface area contributed by atoms with Crippen molar-refractivity contribution in [3.05, 3.63) is 0 Å². The lowest BCUT2D eigenvalue weighted by atomic mass is 9.80. The quantitative estimate of drug-likeness (QED) is 0.709. The van der Waals surface area contributed by atoms with Crippen LogP contribution in [0.25, 0.3) is 0 Å². The van der Waals surface area contributed by atoms with Gasteiger partial charge >= 0.3 is 5.97 Å². The molecule has 4 nitrogen and oxygen atoms in total. The van der Waals surface area contributed by atoms with Gasteiger partial charge in [0.1, 0.15) is 0 Å². The molecule has 18 heavy (non-hydrogen) atoms. The maximum Gasteiger partial charge on any atom is 0.311 e. The first-order chi connectivity index (χ1) is 8.60. The smallest absolute Gasteiger partial charge is 0.311 e. The lowest BCUT2D eigenvalue weighted by molar-refractivity contribution is -0.157. The molecule has 2 rings (SSSR count). The zero-order valence-electron chi connectivity index (χ0n) is 11.5. The number of hydrogen-bond donors (Lipinski definition) is 0. The van der Waals surface area contributed by atoms with Crippen molar-refractivity contribution in [3.63, 3.8) is 0 Å². The third kappa shape index (κ3) is 2.86. The minimum atomic E-state index is -0.435. The summed E-state index contributed by atoms with van der Waals surface area (Å²) in [4.78, 5) is 12.0. The Balaban J connectivity index is 1.85. The van der Waals surface area contributed by atoms with E-state index in [2.05, 4.69) is 0 Å². The largest absolute Gasteiger partial charge is 0.469 e. The summed E-state index contributed by atoms with van der Waals surface area (Å²) in [6.45, 7) is 3.34. The first-order valence-electron chi connectivity index (χ1n) is 6.97. The Bertz CT molecular complexity index is 288. The number of ether oxygens (including phenoxy) is 3. The molecule has 1 saturated carbocycles. The Hall–Kier alpha value is -0.610. The van der Waals surface area contributed by atoms with Gasteiger partial charge in [-0.05, 0) is 32.6 Å². The molecule has 0 spiro atoms. The molecule has 2 aliphatic rings. The summed E-state index contributed by atoms with van der Waals surface area (Å²) in [5, 5.41) is 0. The van der Waals surface area contributed by atoms with Crippen molar-refractivity contribution in [1.29, 1.82) is 0 Å². The molecule has 0 atom stereocenters. The molecular weight excluding hydrogens is 232 g/mol. The number of carbonyl (C=O) groups excluding carboxylic acids is 1. The van der Waals surface area contributed by atoms with E-state index in [9.17, 15) is 4.79 Å². The second-order valence-electron chi connectivity index (χ2n) is 5.66. The standard InChI is InChI=1S/C14H24O4/c1-13(17-10-11-18-13)6-5-9-14(12(15)16-2)7-3-4-8-14/h3-11H2,1-2H3. The molecule has 4 heteroatoms. The first kappa shape index (κ1) is 13.8. The number of hydrogen-bond acceptors (Lipinski definition) is 4. The third-order valence-electron chi connectivity index (χ3n) is 4.36. The number of methoxy groups -OCH3 is 1. The Morgan fingerprint density at radius 1 is 1.17 bits per heavy atom. The van der Waals surface area contributed by atoms with Crippen LogP contribution >= 0.6 is 0 Å². The molecule has 1 saturated heterocycles. The van der Waals surface area contributed by atoms with Gasteiger partial charge in [-0.2, -0.15) is 0 Å². The van der Waals surface area contributed by atoms with Crippen molar-refractivity contribution in [2.24, 2.45) is 5.41 Å². The van der Waals surface area contributed by atoms with Crippen LogP contribution < -0.4 is 0 Å². The molecule has 0 unspecified atom stereocenters. The molecular formula is C14H24O4. The van der Waals surface area contributed by atoms with Crippen LogP contribution in [0.3, 0.4) is 0 Å². The van der Waals surface area contributed by atoms with Crippen molar-refractivity contribution in [3.8, 4) is 0 Å². The van der Waals surface area contributed by atoms with Gasteiger partial charge in [0, 0.05) is 6.42 Å². The van der Waals surface area contributed by atoms with Gasteiger partial charge in [-0.3, -0.25) is 4.79 Å². The van der Waals surface area contributed by atoms with E-state index in [1.807, 2.05) is 6.92 Å². The predicted octanol–water partition coefficient (Wildman–Crippen LogP) is 2.65. The zero-order valence-corrected chi connectivity index (χ0v) is 11.5. The molecule has 1 aliphatic heterocycles. The second-order valence-corrected chi connectivity index (χ2v) is 5.66. The lowest BCUT2D eigenvalue weighted by Gasteiger charge is -2.28. The van der Waals surface area contributed by atoms with E-state index in [1.165, 1.54) is 7.11 Å². The van der Waals surface area contributed by atoms with Crippen LogP contribution in [0.2, 0.25) is 0 Å². The van der Waals surface area contributed by atoms with Crippen molar-refractivity contribution in [1.82, 2.24) is 0 Å². The highest BCUT2D eigenvalue weighted by Gasteiger charge is 2.42. The summed E-state index contributed by atoms with van der Waals surface area (Å²) < 4.78 is 16.2. The highest BCUT2D eigenvalue weighted by atomic mass is 16.7. The average Bonchev–Trinajstić information content (AvgIpc) is 2.99. The van der Waals surface area contributed by atoms with Crippen LogP contribution in [0.5, 0.6) is 0 Å². The second kappa shape index (κ2) is 5.57. The fraction of sp³-hybridized carbons (Fsp3) is 0.929. The number of esters is 1. The molecule has 0 aromatic heterocycles. The molecule has 1 aliphatic carbocycles. The SMILES string of the molecule is COC(=O)C1(CCCC2(C)OCCO2)CCCC1. The molecule has 0 amide bonds. The summed E-state index contributed by atoms with van der Waals surface area (Å²) in [6.07, 6.45) is 6.91. The number of carbonyl (C=O) groups is 1. The lowest BCUT2D eigenvalue weighted by Crippen LogP contribution is -2.31. The predicted molar refractivity (Wildman–Crippen MR) is 67.1 cm³/mol. The Morgan fingerprint density at radius 3 is 2.33 bits per heavy atom. The van der Waals surface area contributed by atoms with Crippen LogP contribution in [0, 0.1) is 5.41 Å². The molecule has 2 fully saturated rings. The summed E-state index contributed by atoms with van der Waals surface area (Å²) >= 11 is 0. The molecule has 0 aromatic rings. The highest BCUT2D eigenvalue weighted by Crippen LogP contribution is 2.44. The Kier molecular flexibility index (Phi) is 4.28. The summed E-state index contributed by atoms with van der Waals surface area (Å²) in [7, 11) is 1.49. The monoisotopic (exact) mass is 256 g/mol. The fourth-order valence-corrected chi connectivity index (χ4v) is 3.27. The fourth-order valence-electron chi connectivity index (χ4n) is 3.27. The zero-order chi connectivity index (χ0) is 13.1. The van der Waals surface area contributed by atoms with E-state index >= 15 is 0 Å². The van der Waals surface area contributed by atoms with Crippen LogP contribution in [0.1, 0.15) is 51.9 Å². The minimum Gasteiger partial charge on any atom is -0.469 e. The van der Waals surface area contributed by atoms with E-state index in [4.69, 9.17) is 14.2 Å². The highest BCUT2D eigenvalue weighted by molar-refractivity contribution is 5.77. The van der Waals surface area contributed by atoms with Gasteiger partial charge in [-0.15, -0.1) is 0 Å². The molecule has 0 radical (unpaired) electrons. The van der Waals surface area contributed by atoms with Gasteiger partial charge in [-0.1, -0.05) is 12.8 Å². The normalized spacial score (nSPS) is 25.2. The van der Waals surface area contributed by atoms with Crippen LogP contribution in [0.4, 0.5) is 0 Å². The molecule has 0 bridgehead atoms. The van der Waals surface area contributed by atoms with Crippen LogP contribution in [-0.4, -0.2) is 32.1 Å². The Labute approximate surface area is 109 Å². The maximum absolute atomic E-state index is 12.0. The van der Waals surface area contributed by atoms with Gasteiger partial charge in [0.2, 0.25) is 0 Å². The van der Waals surface area contributed by atoms with Gasteiger partial charge < -0.3 is 14.2 Å². The van der Waals surface area contributed by atoms with E-state index < -0.39 is 5.79 Å². The van der Waals surface area contributed by atoms with Gasteiger partial charge in [-0.25, -0.2) is 0 Å². The van der Waals surface area contributed by atoms with Gasteiger partial charge in [0.15, 0.2) is 5.79 Å². The number of rotatable bonds is 5. The van der Waals surface area contributed by atoms with E-state index in [1.54, 1.807) is 0 Å². The Morgan fingerprint density at radius 2 is 1.78 bits per heavy atom. The van der Waals surface area contributed by atoms with Crippen molar-refractivity contribution < 1.29 is 19.0 Å².